The highest BCUT2D eigenvalue weighted by atomic mass is 35.5. The zero-order valence-electron chi connectivity index (χ0n) is 14.4. The third-order valence-corrected chi connectivity index (χ3v) is 5.65. The molecule has 0 spiro atoms. The Morgan fingerprint density at radius 1 is 1.14 bits per heavy atom. The molecule has 3 rings (SSSR count). The second-order valence-corrected chi connectivity index (χ2v) is 8.03. The molecule has 144 valence electrons. The van der Waals surface area contributed by atoms with Crippen LogP contribution in [-0.2, 0) is 10.5 Å². The SMILES string of the molecule is O=C(CSc1nc(CSc2ccccc2)cc(=O)[nH]1)Nc1ccc(F)c(Cl)c1. The van der Waals surface area contributed by atoms with E-state index in [0.717, 1.165) is 16.7 Å². The number of halogens is 2. The number of H-pyrrole nitrogens is 1. The summed E-state index contributed by atoms with van der Waals surface area (Å²) in [6.07, 6.45) is 0. The molecule has 0 saturated carbocycles. The van der Waals surface area contributed by atoms with Crippen LogP contribution in [0.2, 0.25) is 5.02 Å². The molecule has 0 fully saturated rings. The van der Waals surface area contributed by atoms with Crippen molar-refractivity contribution in [1.29, 1.82) is 0 Å². The molecular formula is C19H15ClFN3O2S2. The largest absolute Gasteiger partial charge is 0.325 e. The van der Waals surface area contributed by atoms with Crippen molar-refractivity contribution >= 4 is 46.7 Å². The van der Waals surface area contributed by atoms with E-state index in [1.165, 1.54) is 24.3 Å². The summed E-state index contributed by atoms with van der Waals surface area (Å²) >= 11 is 8.38. The minimum Gasteiger partial charge on any atom is -0.325 e. The first kappa shape index (κ1) is 20.4. The number of hydrogen-bond acceptors (Lipinski definition) is 5. The number of anilines is 1. The Hall–Kier alpha value is -2.29. The molecule has 1 amide bonds. The van der Waals surface area contributed by atoms with Gasteiger partial charge in [-0.25, -0.2) is 9.37 Å². The molecule has 0 aliphatic heterocycles. The van der Waals surface area contributed by atoms with E-state index in [1.54, 1.807) is 11.8 Å². The zero-order chi connectivity index (χ0) is 19.9. The predicted octanol–water partition coefficient (Wildman–Crippen LogP) is 4.59. The molecule has 0 bridgehead atoms. The Labute approximate surface area is 174 Å². The molecule has 0 radical (unpaired) electrons. The average Bonchev–Trinajstić information content (AvgIpc) is 2.68. The van der Waals surface area contributed by atoms with Crippen LogP contribution in [0.4, 0.5) is 10.1 Å². The maximum atomic E-state index is 13.2. The van der Waals surface area contributed by atoms with Crippen molar-refractivity contribution in [3.8, 4) is 0 Å². The van der Waals surface area contributed by atoms with Gasteiger partial charge < -0.3 is 10.3 Å². The topological polar surface area (TPSA) is 74.8 Å². The van der Waals surface area contributed by atoms with Gasteiger partial charge >= 0.3 is 0 Å². The number of aromatic nitrogens is 2. The molecule has 1 aromatic heterocycles. The fourth-order valence-corrected chi connectivity index (χ4v) is 3.89. The lowest BCUT2D eigenvalue weighted by molar-refractivity contribution is -0.113. The van der Waals surface area contributed by atoms with Gasteiger partial charge in [0.2, 0.25) is 5.91 Å². The summed E-state index contributed by atoms with van der Waals surface area (Å²) in [6.45, 7) is 0. The van der Waals surface area contributed by atoms with Gasteiger partial charge in [-0.3, -0.25) is 9.59 Å². The van der Waals surface area contributed by atoms with Gasteiger partial charge in [0.15, 0.2) is 5.16 Å². The number of carbonyl (C=O) groups excluding carboxylic acids is 1. The molecule has 3 aromatic rings. The Kier molecular flexibility index (Phi) is 7.13. The molecule has 0 atom stereocenters. The highest BCUT2D eigenvalue weighted by Crippen LogP contribution is 2.22. The van der Waals surface area contributed by atoms with Gasteiger partial charge in [-0.05, 0) is 30.3 Å². The minimum atomic E-state index is -0.555. The summed E-state index contributed by atoms with van der Waals surface area (Å²) in [5, 5.41) is 2.92. The minimum absolute atomic E-state index is 0.0349. The summed E-state index contributed by atoms with van der Waals surface area (Å²) < 4.78 is 13.2. The molecule has 5 nitrogen and oxygen atoms in total. The zero-order valence-corrected chi connectivity index (χ0v) is 16.8. The van der Waals surface area contributed by atoms with Gasteiger partial charge in [-0.15, -0.1) is 11.8 Å². The lowest BCUT2D eigenvalue weighted by Crippen LogP contribution is -2.15. The van der Waals surface area contributed by atoms with Crippen molar-refractivity contribution in [3.63, 3.8) is 0 Å². The number of hydrogen-bond donors (Lipinski definition) is 2. The van der Waals surface area contributed by atoms with Gasteiger partial charge in [-0.1, -0.05) is 41.6 Å². The van der Waals surface area contributed by atoms with E-state index in [-0.39, 0.29) is 22.2 Å². The van der Waals surface area contributed by atoms with Gasteiger partial charge in [0.25, 0.3) is 5.56 Å². The Bertz CT molecular complexity index is 1030. The quantitative estimate of drug-likeness (QED) is 0.419. The van der Waals surface area contributed by atoms with Gasteiger partial charge in [0.05, 0.1) is 16.5 Å². The summed E-state index contributed by atoms with van der Waals surface area (Å²) in [7, 11) is 0. The van der Waals surface area contributed by atoms with Crippen molar-refractivity contribution in [2.45, 2.75) is 15.8 Å². The van der Waals surface area contributed by atoms with Crippen molar-refractivity contribution in [1.82, 2.24) is 9.97 Å². The van der Waals surface area contributed by atoms with Crippen molar-refractivity contribution in [3.05, 3.63) is 81.5 Å². The van der Waals surface area contributed by atoms with E-state index >= 15 is 0 Å². The van der Waals surface area contributed by atoms with Crippen LogP contribution in [0.15, 0.2) is 69.4 Å². The first-order valence-electron chi connectivity index (χ1n) is 8.15. The van der Waals surface area contributed by atoms with E-state index in [1.807, 2.05) is 30.3 Å². The highest BCUT2D eigenvalue weighted by molar-refractivity contribution is 7.99. The highest BCUT2D eigenvalue weighted by Gasteiger charge is 2.09. The van der Waals surface area contributed by atoms with Crippen LogP contribution in [0.5, 0.6) is 0 Å². The number of nitrogens with one attached hydrogen (secondary N) is 2. The van der Waals surface area contributed by atoms with Gasteiger partial charge in [0, 0.05) is 22.4 Å². The fourth-order valence-electron chi connectivity index (χ4n) is 2.20. The summed E-state index contributed by atoms with van der Waals surface area (Å²) in [5.74, 6) is -0.296. The van der Waals surface area contributed by atoms with E-state index in [4.69, 9.17) is 11.6 Å². The van der Waals surface area contributed by atoms with Crippen LogP contribution >= 0.6 is 35.1 Å². The molecular weight excluding hydrogens is 421 g/mol. The number of aromatic amines is 1. The van der Waals surface area contributed by atoms with Crippen LogP contribution < -0.4 is 10.9 Å². The second kappa shape index (κ2) is 9.77. The Balaban J connectivity index is 1.57. The van der Waals surface area contributed by atoms with Crippen molar-refractivity contribution in [2.75, 3.05) is 11.1 Å². The first-order chi connectivity index (χ1) is 13.5. The molecule has 0 saturated heterocycles. The maximum absolute atomic E-state index is 13.2. The lowest BCUT2D eigenvalue weighted by atomic mass is 10.3. The number of nitrogens with zero attached hydrogens (tertiary/aromatic N) is 1. The number of amides is 1. The van der Waals surface area contributed by atoms with Crippen LogP contribution in [-0.4, -0.2) is 21.6 Å². The molecule has 9 heteroatoms. The van der Waals surface area contributed by atoms with Crippen LogP contribution in [0, 0.1) is 5.82 Å². The second-order valence-electron chi connectivity index (χ2n) is 5.61. The van der Waals surface area contributed by atoms with E-state index in [0.29, 0.717) is 22.3 Å². The molecule has 28 heavy (non-hydrogen) atoms. The maximum Gasteiger partial charge on any atom is 0.251 e. The Morgan fingerprint density at radius 2 is 1.93 bits per heavy atom. The van der Waals surface area contributed by atoms with Gasteiger partial charge in [0.1, 0.15) is 5.82 Å². The summed E-state index contributed by atoms with van der Waals surface area (Å²) in [5.41, 5.74) is 0.754. The third kappa shape index (κ3) is 6.12. The number of benzene rings is 2. The van der Waals surface area contributed by atoms with Gasteiger partial charge in [-0.2, -0.15) is 0 Å². The lowest BCUT2D eigenvalue weighted by Gasteiger charge is -2.07. The van der Waals surface area contributed by atoms with E-state index < -0.39 is 5.82 Å². The molecule has 0 aliphatic rings. The smallest absolute Gasteiger partial charge is 0.251 e. The number of thioether (sulfide) groups is 2. The Morgan fingerprint density at radius 3 is 2.68 bits per heavy atom. The first-order valence-corrected chi connectivity index (χ1v) is 10.5. The fraction of sp³-hybridized carbons (Fsp3) is 0.105. The third-order valence-electron chi connectivity index (χ3n) is 3.45. The molecule has 0 aliphatic carbocycles. The monoisotopic (exact) mass is 435 g/mol. The molecule has 0 unspecified atom stereocenters. The van der Waals surface area contributed by atoms with Crippen molar-refractivity contribution < 1.29 is 9.18 Å². The van der Waals surface area contributed by atoms with E-state index in [9.17, 15) is 14.0 Å². The normalized spacial score (nSPS) is 10.6. The number of rotatable bonds is 7. The molecule has 2 aromatic carbocycles. The molecule has 2 N–H and O–H groups in total. The van der Waals surface area contributed by atoms with Crippen LogP contribution in [0.25, 0.3) is 0 Å². The van der Waals surface area contributed by atoms with Crippen LogP contribution in [0.1, 0.15) is 5.69 Å². The average molecular weight is 436 g/mol. The summed E-state index contributed by atoms with van der Waals surface area (Å²) in [6, 6.07) is 15.2. The van der Waals surface area contributed by atoms with Crippen LogP contribution in [0.3, 0.4) is 0 Å². The molecule has 1 heterocycles. The van der Waals surface area contributed by atoms with Crippen molar-refractivity contribution in [2.24, 2.45) is 0 Å². The predicted molar refractivity (Wildman–Crippen MR) is 112 cm³/mol. The van der Waals surface area contributed by atoms with E-state index in [2.05, 4.69) is 15.3 Å². The standard InChI is InChI=1S/C19H15ClFN3O2S2/c20-15-8-12(6-7-16(15)21)22-18(26)11-28-19-23-13(9-17(25)24-19)10-27-14-4-2-1-3-5-14/h1-9H,10-11H2,(H,22,26)(H,23,24,25). The number of carbonyl (C=O) groups is 1. The summed E-state index contributed by atoms with van der Waals surface area (Å²) in [4.78, 5) is 32.0.